The fourth-order valence-electron chi connectivity index (χ4n) is 1.91. The molecule has 0 unspecified atom stereocenters. The van der Waals surface area contributed by atoms with Gasteiger partial charge in [0.1, 0.15) is 0 Å². The molecular weight excluding hydrogens is 204 g/mol. The first-order valence-electron chi connectivity index (χ1n) is 6.18. The van der Waals surface area contributed by atoms with Crippen LogP contribution in [0.4, 0.5) is 0 Å². The normalized spacial score (nSPS) is 21.4. The third-order valence-electron chi connectivity index (χ3n) is 3.33. The molecule has 1 fully saturated rings. The van der Waals surface area contributed by atoms with Crippen LogP contribution in [0.25, 0.3) is 0 Å². The molecule has 1 atom stereocenters. The Balaban J connectivity index is 2.29. The Labute approximate surface area is 97.9 Å². The highest BCUT2D eigenvalue weighted by Crippen LogP contribution is 2.28. The lowest BCUT2D eigenvalue weighted by Crippen LogP contribution is -2.46. The number of rotatable bonds is 5. The molecular formula is C12H24N2O2. The molecule has 0 saturated carbocycles. The van der Waals surface area contributed by atoms with Crippen LogP contribution in [0, 0.1) is 5.41 Å². The minimum atomic E-state index is -0.353. The Morgan fingerprint density at radius 3 is 2.69 bits per heavy atom. The van der Waals surface area contributed by atoms with Crippen LogP contribution in [-0.4, -0.2) is 31.7 Å². The van der Waals surface area contributed by atoms with Gasteiger partial charge in [-0.3, -0.25) is 4.79 Å². The van der Waals surface area contributed by atoms with Gasteiger partial charge in [-0.25, -0.2) is 0 Å². The van der Waals surface area contributed by atoms with Crippen LogP contribution >= 0.6 is 0 Å². The largest absolute Gasteiger partial charge is 0.381 e. The summed E-state index contributed by atoms with van der Waals surface area (Å²) in [6.07, 6.45) is 3.72. The number of carbonyl (C=O) groups is 1. The van der Waals surface area contributed by atoms with Crippen molar-refractivity contribution in [1.29, 1.82) is 0 Å². The fourth-order valence-corrected chi connectivity index (χ4v) is 1.91. The summed E-state index contributed by atoms with van der Waals surface area (Å²) in [5, 5.41) is 2.96. The molecule has 0 aromatic heterocycles. The zero-order valence-corrected chi connectivity index (χ0v) is 10.4. The summed E-state index contributed by atoms with van der Waals surface area (Å²) < 4.78 is 5.32. The second-order valence-electron chi connectivity index (χ2n) is 5.04. The Morgan fingerprint density at radius 1 is 1.50 bits per heavy atom. The van der Waals surface area contributed by atoms with Crippen LogP contribution in [0.3, 0.4) is 0 Å². The molecule has 0 aliphatic carbocycles. The molecule has 1 heterocycles. The van der Waals surface area contributed by atoms with Crippen LogP contribution in [0.5, 0.6) is 0 Å². The summed E-state index contributed by atoms with van der Waals surface area (Å²) in [7, 11) is 0. The molecule has 0 bridgehead atoms. The summed E-state index contributed by atoms with van der Waals surface area (Å²) in [5.74, 6) is -0.0189. The molecule has 16 heavy (non-hydrogen) atoms. The number of carbonyl (C=O) groups excluding carboxylic acids is 1. The highest BCUT2D eigenvalue weighted by Gasteiger charge is 2.28. The van der Waals surface area contributed by atoms with E-state index in [0.717, 1.165) is 38.9 Å². The Bertz CT molecular complexity index is 225. The highest BCUT2D eigenvalue weighted by atomic mass is 16.5. The summed E-state index contributed by atoms with van der Waals surface area (Å²) >= 11 is 0. The van der Waals surface area contributed by atoms with Crippen LogP contribution in [0.15, 0.2) is 0 Å². The first-order valence-corrected chi connectivity index (χ1v) is 6.18. The van der Waals surface area contributed by atoms with Crippen molar-refractivity contribution >= 4 is 5.91 Å². The van der Waals surface area contributed by atoms with E-state index in [9.17, 15) is 4.79 Å². The van der Waals surface area contributed by atoms with E-state index in [0.29, 0.717) is 6.54 Å². The van der Waals surface area contributed by atoms with E-state index in [2.05, 4.69) is 12.2 Å². The van der Waals surface area contributed by atoms with E-state index >= 15 is 0 Å². The molecule has 3 N–H and O–H groups in total. The van der Waals surface area contributed by atoms with Gasteiger partial charge in [0.25, 0.3) is 0 Å². The van der Waals surface area contributed by atoms with Crippen molar-refractivity contribution in [3.05, 3.63) is 0 Å². The minimum absolute atomic E-state index is 0.0189. The highest BCUT2D eigenvalue weighted by molar-refractivity contribution is 5.81. The zero-order chi connectivity index (χ0) is 12.0. The van der Waals surface area contributed by atoms with Crippen LogP contribution in [0.1, 0.15) is 39.5 Å². The Kier molecular flexibility index (Phi) is 5.22. The number of amides is 1. The van der Waals surface area contributed by atoms with Gasteiger partial charge in [-0.15, -0.1) is 0 Å². The molecule has 0 spiro atoms. The summed E-state index contributed by atoms with van der Waals surface area (Å²) in [6.45, 7) is 6.54. The van der Waals surface area contributed by atoms with Crippen molar-refractivity contribution in [2.75, 3.05) is 19.8 Å². The van der Waals surface area contributed by atoms with Gasteiger partial charge in [0.05, 0.1) is 6.04 Å². The fraction of sp³-hybridized carbons (Fsp3) is 0.917. The standard InChI is InChI=1S/C12H24N2O2/c1-3-4-10(13)11(15)14-9-12(2)5-7-16-8-6-12/h10H,3-9,13H2,1-2H3,(H,14,15)/t10-/m1/s1. The average molecular weight is 228 g/mol. The molecule has 0 radical (unpaired) electrons. The van der Waals surface area contributed by atoms with Gasteiger partial charge in [0.2, 0.25) is 5.91 Å². The first-order chi connectivity index (χ1) is 7.57. The van der Waals surface area contributed by atoms with E-state index in [-0.39, 0.29) is 17.4 Å². The van der Waals surface area contributed by atoms with E-state index in [1.165, 1.54) is 0 Å². The van der Waals surface area contributed by atoms with Gasteiger partial charge in [-0.1, -0.05) is 20.3 Å². The van der Waals surface area contributed by atoms with Gasteiger partial charge < -0.3 is 15.8 Å². The van der Waals surface area contributed by atoms with E-state index in [4.69, 9.17) is 10.5 Å². The SMILES string of the molecule is CCC[C@@H](N)C(=O)NCC1(C)CCOCC1. The van der Waals surface area contributed by atoms with Gasteiger partial charge >= 0.3 is 0 Å². The van der Waals surface area contributed by atoms with E-state index < -0.39 is 0 Å². The summed E-state index contributed by atoms with van der Waals surface area (Å²) in [5.41, 5.74) is 5.93. The second-order valence-corrected chi connectivity index (χ2v) is 5.04. The molecule has 0 aromatic carbocycles. The monoisotopic (exact) mass is 228 g/mol. The van der Waals surface area contributed by atoms with Crippen molar-refractivity contribution < 1.29 is 9.53 Å². The third-order valence-corrected chi connectivity index (χ3v) is 3.33. The molecule has 4 nitrogen and oxygen atoms in total. The Hall–Kier alpha value is -0.610. The van der Waals surface area contributed by atoms with E-state index in [1.807, 2.05) is 6.92 Å². The first kappa shape index (κ1) is 13.5. The lowest BCUT2D eigenvalue weighted by atomic mass is 9.82. The van der Waals surface area contributed by atoms with Gasteiger partial charge in [-0.05, 0) is 24.7 Å². The van der Waals surface area contributed by atoms with Crippen molar-refractivity contribution in [1.82, 2.24) is 5.32 Å². The maximum atomic E-state index is 11.7. The number of nitrogens with two attached hydrogens (primary N) is 1. The molecule has 0 aromatic rings. The van der Waals surface area contributed by atoms with Crippen molar-refractivity contribution in [3.63, 3.8) is 0 Å². The van der Waals surface area contributed by atoms with Gasteiger partial charge in [0, 0.05) is 19.8 Å². The lowest BCUT2D eigenvalue weighted by Gasteiger charge is -2.33. The molecule has 1 saturated heterocycles. The maximum Gasteiger partial charge on any atom is 0.236 e. The molecule has 94 valence electrons. The number of hydrogen-bond acceptors (Lipinski definition) is 3. The zero-order valence-electron chi connectivity index (χ0n) is 10.4. The number of ether oxygens (including phenoxy) is 1. The summed E-state index contributed by atoms with van der Waals surface area (Å²) in [4.78, 5) is 11.7. The van der Waals surface area contributed by atoms with E-state index in [1.54, 1.807) is 0 Å². The lowest BCUT2D eigenvalue weighted by molar-refractivity contribution is -0.123. The topological polar surface area (TPSA) is 64.4 Å². The molecule has 1 aliphatic heterocycles. The van der Waals surface area contributed by atoms with Crippen LogP contribution < -0.4 is 11.1 Å². The Morgan fingerprint density at radius 2 is 2.12 bits per heavy atom. The minimum Gasteiger partial charge on any atom is -0.381 e. The quantitative estimate of drug-likeness (QED) is 0.739. The number of hydrogen-bond donors (Lipinski definition) is 2. The second kappa shape index (κ2) is 6.21. The van der Waals surface area contributed by atoms with Crippen molar-refractivity contribution in [3.8, 4) is 0 Å². The smallest absolute Gasteiger partial charge is 0.236 e. The summed E-state index contributed by atoms with van der Waals surface area (Å²) in [6, 6.07) is -0.353. The van der Waals surface area contributed by atoms with Crippen LogP contribution in [0.2, 0.25) is 0 Å². The van der Waals surface area contributed by atoms with Crippen molar-refractivity contribution in [2.45, 2.75) is 45.6 Å². The number of nitrogens with one attached hydrogen (secondary N) is 1. The van der Waals surface area contributed by atoms with Crippen LogP contribution in [-0.2, 0) is 9.53 Å². The van der Waals surface area contributed by atoms with Gasteiger partial charge in [-0.2, -0.15) is 0 Å². The molecule has 1 rings (SSSR count). The predicted molar refractivity (Wildman–Crippen MR) is 64.1 cm³/mol. The van der Waals surface area contributed by atoms with Gasteiger partial charge in [0.15, 0.2) is 0 Å². The molecule has 1 amide bonds. The molecule has 4 heteroatoms. The predicted octanol–water partition coefficient (Wildman–Crippen LogP) is 1.05. The average Bonchev–Trinajstić information content (AvgIpc) is 2.27. The third kappa shape index (κ3) is 4.10. The molecule has 1 aliphatic rings. The van der Waals surface area contributed by atoms with Crippen molar-refractivity contribution in [2.24, 2.45) is 11.1 Å². The maximum absolute atomic E-state index is 11.7.